The lowest BCUT2D eigenvalue weighted by Gasteiger charge is -2.30. The zero-order chi connectivity index (χ0) is 17.2. The van der Waals surface area contributed by atoms with E-state index in [9.17, 15) is 4.79 Å². The Labute approximate surface area is 146 Å². The van der Waals surface area contributed by atoms with Crippen molar-refractivity contribution in [2.75, 3.05) is 20.2 Å². The van der Waals surface area contributed by atoms with E-state index in [-0.39, 0.29) is 5.91 Å². The molecule has 0 saturated carbocycles. The zero-order valence-corrected chi connectivity index (χ0v) is 14.2. The van der Waals surface area contributed by atoms with Crippen molar-refractivity contribution in [3.05, 3.63) is 35.9 Å². The van der Waals surface area contributed by atoms with Gasteiger partial charge in [-0.3, -0.25) is 4.79 Å². The van der Waals surface area contributed by atoms with E-state index in [0.29, 0.717) is 11.8 Å². The van der Waals surface area contributed by atoms with Crippen molar-refractivity contribution in [1.29, 1.82) is 0 Å². The molecule has 1 aromatic rings. The molecule has 0 aromatic heterocycles. The minimum absolute atomic E-state index is 0.198. The third kappa shape index (κ3) is 2.99. The Hall–Kier alpha value is -2.76. The monoisotopic (exact) mass is 336 g/mol. The molecule has 6 nitrogen and oxygen atoms in total. The van der Waals surface area contributed by atoms with E-state index in [1.165, 1.54) is 6.42 Å². The largest absolute Gasteiger partial charge is 0.497 e. The average Bonchev–Trinajstić information content (AvgIpc) is 2.68. The van der Waals surface area contributed by atoms with E-state index in [4.69, 9.17) is 4.74 Å². The molecule has 0 radical (unpaired) electrons. The van der Waals surface area contributed by atoms with Gasteiger partial charge in [-0.25, -0.2) is 4.99 Å². The molecule has 128 valence electrons. The topological polar surface area (TPSA) is 66.6 Å². The van der Waals surface area contributed by atoms with Crippen LogP contribution < -0.4 is 4.74 Å². The summed E-state index contributed by atoms with van der Waals surface area (Å²) in [6, 6.07) is 7.67. The number of amidine groups is 1. The fraction of sp³-hybridized carbons (Fsp3) is 0.368. The van der Waals surface area contributed by atoms with Crippen LogP contribution >= 0.6 is 0 Å². The van der Waals surface area contributed by atoms with Crippen molar-refractivity contribution >= 4 is 29.5 Å². The molecule has 1 unspecified atom stereocenters. The number of piperidine rings is 1. The predicted molar refractivity (Wildman–Crippen MR) is 98.3 cm³/mol. The van der Waals surface area contributed by atoms with Crippen LogP contribution in [0.4, 0.5) is 0 Å². The second-order valence-electron chi connectivity index (χ2n) is 6.33. The molecule has 1 fully saturated rings. The second kappa shape index (κ2) is 6.63. The molecule has 1 aromatic carbocycles. The van der Waals surface area contributed by atoms with Crippen molar-refractivity contribution < 1.29 is 9.53 Å². The summed E-state index contributed by atoms with van der Waals surface area (Å²) in [5.41, 5.74) is 1.78. The molecule has 1 saturated heterocycles. The lowest BCUT2D eigenvalue weighted by molar-refractivity contribution is -0.118. The zero-order valence-electron chi connectivity index (χ0n) is 14.2. The maximum Gasteiger partial charge on any atom is 0.264 e. The number of benzene rings is 1. The molecule has 0 N–H and O–H groups in total. The Morgan fingerprint density at radius 2 is 2.00 bits per heavy atom. The number of carbonyl (C=O) groups excluding carboxylic acids is 1. The molecule has 1 amide bonds. The van der Waals surface area contributed by atoms with Crippen LogP contribution in [-0.2, 0) is 4.79 Å². The van der Waals surface area contributed by atoms with Gasteiger partial charge in [-0.15, -0.1) is 0 Å². The molecule has 0 spiro atoms. The lowest BCUT2D eigenvalue weighted by Crippen LogP contribution is -2.40. The number of fused-ring (bicyclic) bond motifs is 1. The summed E-state index contributed by atoms with van der Waals surface area (Å²) in [7, 11) is 1.63. The lowest BCUT2D eigenvalue weighted by atomic mass is 9.88. The molecule has 25 heavy (non-hydrogen) atoms. The first-order chi connectivity index (χ1) is 12.3. The van der Waals surface area contributed by atoms with Gasteiger partial charge in [0, 0.05) is 19.3 Å². The number of ether oxygens (including phenoxy) is 1. The van der Waals surface area contributed by atoms with Gasteiger partial charge in [-0.05, 0) is 48.6 Å². The third-order valence-electron chi connectivity index (χ3n) is 4.74. The van der Waals surface area contributed by atoms with Crippen LogP contribution in [0, 0.1) is 5.92 Å². The third-order valence-corrected chi connectivity index (χ3v) is 4.74. The molecule has 3 heterocycles. The highest BCUT2D eigenvalue weighted by molar-refractivity contribution is 6.25. The van der Waals surface area contributed by atoms with Gasteiger partial charge >= 0.3 is 0 Å². The van der Waals surface area contributed by atoms with Gasteiger partial charge in [0.05, 0.1) is 7.11 Å². The van der Waals surface area contributed by atoms with Gasteiger partial charge in [0.25, 0.3) is 5.91 Å². The average molecular weight is 336 g/mol. The Morgan fingerprint density at radius 3 is 2.80 bits per heavy atom. The van der Waals surface area contributed by atoms with E-state index in [0.717, 1.165) is 42.8 Å². The minimum Gasteiger partial charge on any atom is -0.497 e. The van der Waals surface area contributed by atoms with Gasteiger partial charge in [0.1, 0.15) is 17.5 Å². The van der Waals surface area contributed by atoms with Crippen LogP contribution in [0.5, 0.6) is 5.75 Å². The maximum absolute atomic E-state index is 12.8. The number of methoxy groups -OCH3 is 1. The van der Waals surface area contributed by atoms with Crippen LogP contribution in [0.15, 0.2) is 45.3 Å². The number of amides is 1. The van der Waals surface area contributed by atoms with E-state index < -0.39 is 5.92 Å². The number of nitrogens with zero attached hydrogens (tertiary/aromatic N) is 4. The number of aliphatic imine (C=N–C) groups is 3. The molecule has 3 aliphatic rings. The fourth-order valence-electron chi connectivity index (χ4n) is 3.43. The number of rotatable bonds is 2. The van der Waals surface area contributed by atoms with Crippen LogP contribution in [-0.4, -0.2) is 49.0 Å². The standard InChI is InChI=1S/C19H20N4O2/c1-25-14-7-5-6-13(12-14)15-8-9-20-17-16(15)18(24)22-19(21-17)23-10-3-2-4-11-23/h5-9,12,16H,2-4,10-11H2,1H3. The number of hydrogen-bond acceptors (Lipinski definition) is 5. The summed E-state index contributed by atoms with van der Waals surface area (Å²) < 4.78 is 5.29. The number of hydrogen-bond donors (Lipinski definition) is 0. The van der Waals surface area contributed by atoms with Gasteiger partial charge in [-0.2, -0.15) is 9.98 Å². The first kappa shape index (κ1) is 15.7. The summed E-state index contributed by atoms with van der Waals surface area (Å²) in [4.78, 5) is 28.1. The van der Waals surface area contributed by atoms with E-state index in [1.807, 2.05) is 30.3 Å². The van der Waals surface area contributed by atoms with Gasteiger partial charge in [-0.1, -0.05) is 12.1 Å². The number of likely N-dealkylation sites (tertiary alicyclic amines) is 1. The van der Waals surface area contributed by atoms with Crippen LogP contribution in [0.2, 0.25) is 0 Å². The Bertz CT molecular complexity index is 816. The maximum atomic E-state index is 12.8. The van der Waals surface area contributed by atoms with E-state index in [2.05, 4.69) is 19.9 Å². The number of guanidine groups is 1. The van der Waals surface area contributed by atoms with E-state index >= 15 is 0 Å². The summed E-state index contributed by atoms with van der Waals surface area (Å²) in [5.74, 6) is 1.06. The molecule has 4 rings (SSSR count). The van der Waals surface area contributed by atoms with Gasteiger partial charge in [0.15, 0.2) is 0 Å². The summed E-state index contributed by atoms with van der Waals surface area (Å²) in [6.45, 7) is 1.80. The molecule has 6 heteroatoms. The van der Waals surface area contributed by atoms with Crippen molar-refractivity contribution in [3.63, 3.8) is 0 Å². The van der Waals surface area contributed by atoms with Crippen LogP contribution in [0.25, 0.3) is 5.57 Å². The summed E-state index contributed by atoms with van der Waals surface area (Å²) in [6.07, 6.45) is 7.01. The highest BCUT2D eigenvalue weighted by atomic mass is 16.5. The molecule has 0 aliphatic carbocycles. The fourth-order valence-corrected chi connectivity index (χ4v) is 3.43. The van der Waals surface area contributed by atoms with Crippen molar-refractivity contribution in [1.82, 2.24) is 4.90 Å². The molecular formula is C19H20N4O2. The highest BCUT2D eigenvalue weighted by Crippen LogP contribution is 2.32. The van der Waals surface area contributed by atoms with Crippen molar-refractivity contribution in [2.24, 2.45) is 20.9 Å². The molecule has 1 atom stereocenters. The smallest absolute Gasteiger partial charge is 0.264 e. The van der Waals surface area contributed by atoms with Crippen LogP contribution in [0.3, 0.4) is 0 Å². The normalized spacial score (nSPS) is 22.8. The Morgan fingerprint density at radius 1 is 1.16 bits per heavy atom. The Kier molecular flexibility index (Phi) is 4.17. The van der Waals surface area contributed by atoms with Crippen LogP contribution in [0.1, 0.15) is 24.8 Å². The second-order valence-corrected chi connectivity index (χ2v) is 6.33. The number of dihydropyridines is 1. The van der Waals surface area contributed by atoms with Gasteiger partial charge in [0.2, 0.25) is 5.96 Å². The molecule has 0 bridgehead atoms. The first-order valence-corrected chi connectivity index (χ1v) is 8.61. The predicted octanol–water partition coefficient (Wildman–Crippen LogP) is 2.56. The minimum atomic E-state index is -0.536. The number of carbonyl (C=O) groups is 1. The molecular weight excluding hydrogens is 316 g/mol. The Balaban J connectivity index is 1.66. The molecule has 3 aliphatic heterocycles. The number of allylic oxidation sites excluding steroid dienone is 1. The highest BCUT2D eigenvalue weighted by Gasteiger charge is 2.35. The quantitative estimate of drug-likeness (QED) is 0.833. The SMILES string of the molecule is COc1cccc(C2=CC=NC3=NC(N4CCCCC4)=NC(=O)C23)c1. The summed E-state index contributed by atoms with van der Waals surface area (Å²) in [5, 5.41) is 0. The van der Waals surface area contributed by atoms with Gasteiger partial charge < -0.3 is 9.64 Å². The van der Waals surface area contributed by atoms with E-state index in [1.54, 1.807) is 13.3 Å². The first-order valence-electron chi connectivity index (χ1n) is 8.61. The van der Waals surface area contributed by atoms with Crippen molar-refractivity contribution in [3.8, 4) is 5.75 Å². The summed E-state index contributed by atoms with van der Waals surface area (Å²) >= 11 is 0. The van der Waals surface area contributed by atoms with Crippen molar-refractivity contribution in [2.45, 2.75) is 19.3 Å².